The van der Waals surface area contributed by atoms with Crippen molar-refractivity contribution in [2.24, 2.45) is 0 Å². The van der Waals surface area contributed by atoms with Gasteiger partial charge >= 0.3 is 0 Å². The first-order chi connectivity index (χ1) is 8.36. The second-order valence-corrected chi connectivity index (χ2v) is 4.09. The largest absolute Gasteiger partial charge is 0.320 e. The standard InChI is InChI=1S/C14H13N3/c1-11-4-2-5-12-6-3-9-17(14(11)12)13-10-15-7-8-16-13/h2-8,10H,9H2,1H3. The molecule has 0 fully saturated rings. The third-order valence-corrected chi connectivity index (χ3v) is 2.95. The fourth-order valence-electron chi connectivity index (χ4n) is 2.20. The maximum atomic E-state index is 4.37. The van der Waals surface area contributed by atoms with Gasteiger partial charge in [0.15, 0.2) is 5.82 Å². The van der Waals surface area contributed by atoms with Crippen LogP contribution < -0.4 is 4.90 Å². The highest BCUT2D eigenvalue weighted by molar-refractivity contribution is 5.78. The summed E-state index contributed by atoms with van der Waals surface area (Å²) in [6.45, 7) is 2.97. The average Bonchev–Trinajstić information content (AvgIpc) is 2.39. The number of rotatable bonds is 1. The normalized spacial score (nSPS) is 13.6. The van der Waals surface area contributed by atoms with Crippen LogP contribution in [-0.4, -0.2) is 16.5 Å². The molecule has 0 spiro atoms. The Hall–Kier alpha value is -2.16. The number of aromatic nitrogens is 2. The molecule has 0 saturated heterocycles. The lowest BCUT2D eigenvalue weighted by atomic mass is 10.0. The van der Waals surface area contributed by atoms with E-state index in [2.05, 4.69) is 52.1 Å². The zero-order valence-corrected chi connectivity index (χ0v) is 9.67. The topological polar surface area (TPSA) is 29.0 Å². The van der Waals surface area contributed by atoms with E-state index in [9.17, 15) is 0 Å². The van der Waals surface area contributed by atoms with Gasteiger partial charge in [-0.05, 0) is 18.1 Å². The van der Waals surface area contributed by atoms with Gasteiger partial charge in [-0.1, -0.05) is 30.4 Å². The smallest absolute Gasteiger partial charge is 0.151 e. The molecule has 17 heavy (non-hydrogen) atoms. The molecular weight excluding hydrogens is 210 g/mol. The summed E-state index contributed by atoms with van der Waals surface area (Å²) in [5, 5.41) is 0. The minimum absolute atomic E-state index is 0.844. The summed E-state index contributed by atoms with van der Waals surface area (Å²) in [5.74, 6) is 0.896. The number of aryl methyl sites for hydroxylation is 1. The SMILES string of the molecule is Cc1cccc2c1N(c1cnccn1)CC=C2. The molecule has 0 atom stereocenters. The molecule has 3 rings (SSSR count). The summed E-state index contributed by atoms with van der Waals surface area (Å²) in [6.07, 6.45) is 9.54. The molecule has 0 bridgehead atoms. The number of benzene rings is 1. The minimum atomic E-state index is 0.844. The first kappa shape index (κ1) is 10.0. The maximum absolute atomic E-state index is 4.37. The van der Waals surface area contributed by atoms with Gasteiger partial charge in [-0.2, -0.15) is 0 Å². The number of para-hydroxylation sites is 1. The van der Waals surface area contributed by atoms with E-state index in [4.69, 9.17) is 0 Å². The fraction of sp³-hybridized carbons (Fsp3) is 0.143. The molecule has 1 aromatic heterocycles. The highest BCUT2D eigenvalue weighted by atomic mass is 15.2. The summed E-state index contributed by atoms with van der Waals surface area (Å²) in [6, 6.07) is 6.33. The highest BCUT2D eigenvalue weighted by Crippen LogP contribution is 2.33. The second kappa shape index (κ2) is 4.01. The quantitative estimate of drug-likeness (QED) is 0.744. The predicted octanol–water partition coefficient (Wildman–Crippen LogP) is 2.95. The Morgan fingerprint density at radius 1 is 1.24 bits per heavy atom. The third kappa shape index (κ3) is 1.69. The van der Waals surface area contributed by atoms with Crippen LogP contribution >= 0.6 is 0 Å². The second-order valence-electron chi connectivity index (χ2n) is 4.09. The van der Waals surface area contributed by atoms with Crippen molar-refractivity contribution in [3.63, 3.8) is 0 Å². The van der Waals surface area contributed by atoms with E-state index in [1.807, 2.05) is 0 Å². The summed E-state index contributed by atoms with van der Waals surface area (Å²) in [4.78, 5) is 10.7. The lowest BCUT2D eigenvalue weighted by Gasteiger charge is -2.28. The Kier molecular flexibility index (Phi) is 2.37. The summed E-state index contributed by atoms with van der Waals surface area (Å²) in [5.41, 5.74) is 3.73. The highest BCUT2D eigenvalue weighted by Gasteiger charge is 2.17. The van der Waals surface area contributed by atoms with Crippen LogP contribution in [-0.2, 0) is 0 Å². The van der Waals surface area contributed by atoms with Crippen LogP contribution in [0.15, 0.2) is 42.9 Å². The Morgan fingerprint density at radius 2 is 2.18 bits per heavy atom. The first-order valence-electron chi connectivity index (χ1n) is 5.66. The predicted molar refractivity (Wildman–Crippen MR) is 69.3 cm³/mol. The van der Waals surface area contributed by atoms with Gasteiger partial charge < -0.3 is 4.90 Å². The molecule has 1 aliphatic rings. The summed E-state index contributed by atoms with van der Waals surface area (Å²) in [7, 11) is 0. The van der Waals surface area contributed by atoms with E-state index in [1.54, 1.807) is 18.6 Å². The molecule has 0 aliphatic carbocycles. The van der Waals surface area contributed by atoms with Crippen LogP contribution in [0.3, 0.4) is 0 Å². The van der Waals surface area contributed by atoms with E-state index >= 15 is 0 Å². The van der Waals surface area contributed by atoms with Crippen molar-refractivity contribution in [3.8, 4) is 0 Å². The van der Waals surface area contributed by atoms with E-state index in [1.165, 1.54) is 16.8 Å². The molecule has 0 unspecified atom stereocenters. The summed E-state index contributed by atoms with van der Waals surface area (Å²) < 4.78 is 0. The monoisotopic (exact) mass is 223 g/mol. The van der Waals surface area contributed by atoms with Crippen molar-refractivity contribution in [1.29, 1.82) is 0 Å². The number of anilines is 2. The molecule has 3 heteroatoms. The molecule has 2 aromatic rings. The molecule has 2 heterocycles. The zero-order valence-electron chi connectivity index (χ0n) is 9.67. The Morgan fingerprint density at radius 3 is 3.00 bits per heavy atom. The molecule has 0 radical (unpaired) electrons. The number of hydrogen-bond acceptors (Lipinski definition) is 3. The van der Waals surface area contributed by atoms with Crippen LogP contribution in [0.25, 0.3) is 6.08 Å². The molecular formula is C14H13N3. The molecule has 1 aromatic carbocycles. The van der Waals surface area contributed by atoms with Gasteiger partial charge in [-0.3, -0.25) is 4.98 Å². The molecule has 84 valence electrons. The lowest BCUT2D eigenvalue weighted by molar-refractivity contribution is 1.01. The van der Waals surface area contributed by atoms with E-state index in [0.717, 1.165) is 12.4 Å². The van der Waals surface area contributed by atoms with Crippen LogP contribution in [0, 0.1) is 6.92 Å². The molecule has 1 aliphatic heterocycles. The molecule has 3 nitrogen and oxygen atoms in total. The first-order valence-corrected chi connectivity index (χ1v) is 5.66. The van der Waals surface area contributed by atoms with Gasteiger partial charge in [-0.25, -0.2) is 4.98 Å². The Labute approximate surface area is 100 Å². The van der Waals surface area contributed by atoms with Gasteiger partial charge in [0, 0.05) is 18.9 Å². The molecule has 0 saturated carbocycles. The van der Waals surface area contributed by atoms with Crippen molar-refractivity contribution < 1.29 is 0 Å². The maximum Gasteiger partial charge on any atom is 0.151 e. The third-order valence-electron chi connectivity index (χ3n) is 2.95. The number of nitrogens with zero attached hydrogens (tertiary/aromatic N) is 3. The average molecular weight is 223 g/mol. The van der Waals surface area contributed by atoms with Gasteiger partial charge in [0.1, 0.15) is 0 Å². The Bertz CT molecular complexity index is 561. The van der Waals surface area contributed by atoms with Crippen molar-refractivity contribution in [2.75, 3.05) is 11.4 Å². The van der Waals surface area contributed by atoms with Crippen LogP contribution in [0.1, 0.15) is 11.1 Å². The molecule has 0 amide bonds. The zero-order chi connectivity index (χ0) is 11.7. The van der Waals surface area contributed by atoms with Crippen molar-refractivity contribution in [1.82, 2.24) is 9.97 Å². The van der Waals surface area contributed by atoms with Gasteiger partial charge in [0.25, 0.3) is 0 Å². The van der Waals surface area contributed by atoms with Gasteiger partial charge in [-0.15, -0.1) is 0 Å². The van der Waals surface area contributed by atoms with Crippen LogP contribution in [0.5, 0.6) is 0 Å². The minimum Gasteiger partial charge on any atom is -0.320 e. The number of fused-ring (bicyclic) bond motifs is 1. The van der Waals surface area contributed by atoms with Crippen molar-refractivity contribution in [2.45, 2.75) is 6.92 Å². The van der Waals surface area contributed by atoms with Gasteiger partial charge in [0.2, 0.25) is 0 Å². The van der Waals surface area contributed by atoms with E-state index in [0.29, 0.717) is 0 Å². The number of hydrogen-bond donors (Lipinski definition) is 0. The van der Waals surface area contributed by atoms with Crippen molar-refractivity contribution >= 4 is 17.6 Å². The van der Waals surface area contributed by atoms with E-state index < -0.39 is 0 Å². The molecule has 0 N–H and O–H groups in total. The van der Waals surface area contributed by atoms with Crippen molar-refractivity contribution in [3.05, 3.63) is 54.0 Å². The van der Waals surface area contributed by atoms with E-state index in [-0.39, 0.29) is 0 Å². The lowest BCUT2D eigenvalue weighted by Crippen LogP contribution is -2.22. The van der Waals surface area contributed by atoms with Gasteiger partial charge in [0.05, 0.1) is 11.9 Å². The Balaban J connectivity index is 2.14. The van der Waals surface area contributed by atoms with Crippen LogP contribution in [0.2, 0.25) is 0 Å². The fourth-order valence-corrected chi connectivity index (χ4v) is 2.20. The van der Waals surface area contributed by atoms with Crippen LogP contribution in [0.4, 0.5) is 11.5 Å². The summed E-state index contributed by atoms with van der Waals surface area (Å²) >= 11 is 0.